The van der Waals surface area contributed by atoms with E-state index in [1.165, 1.54) is 0 Å². The zero-order valence-electron chi connectivity index (χ0n) is 9.74. The molecule has 3 nitrogen and oxygen atoms in total. The highest BCUT2D eigenvalue weighted by Gasteiger charge is 2.00. The van der Waals surface area contributed by atoms with E-state index in [1.54, 1.807) is 0 Å². The average Bonchev–Trinajstić information content (AvgIpc) is 2.31. The first-order chi connectivity index (χ1) is 7.83. The van der Waals surface area contributed by atoms with Crippen molar-refractivity contribution in [1.82, 2.24) is 5.32 Å². The van der Waals surface area contributed by atoms with Gasteiger partial charge in [0.15, 0.2) is 0 Å². The molecule has 0 aliphatic heterocycles. The topological polar surface area (TPSA) is 38.3 Å². The lowest BCUT2D eigenvalue weighted by Crippen LogP contribution is -2.28. The van der Waals surface area contributed by atoms with Crippen LogP contribution in [-0.2, 0) is 16.1 Å². The number of hydrogen-bond acceptors (Lipinski definition) is 2. The van der Waals surface area contributed by atoms with Gasteiger partial charge in [0.2, 0.25) is 5.91 Å². The zero-order chi connectivity index (χ0) is 11.6. The van der Waals surface area contributed by atoms with E-state index in [1.807, 2.05) is 30.3 Å². The minimum Gasteiger partial charge on any atom is -0.367 e. The van der Waals surface area contributed by atoms with E-state index in [0.29, 0.717) is 6.61 Å². The van der Waals surface area contributed by atoms with Gasteiger partial charge >= 0.3 is 0 Å². The van der Waals surface area contributed by atoms with E-state index in [2.05, 4.69) is 12.2 Å². The zero-order valence-corrected chi connectivity index (χ0v) is 9.74. The van der Waals surface area contributed by atoms with Gasteiger partial charge in [-0.15, -0.1) is 0 Å². The summed E-state index contributed by atoms with van der Waals surface area (Å²) in [6.07, 6.45) is 2.11. The first-order valence-electron chi connectivity index (χ1n) is 5.71. The third-order valence-electron chi connectivity index (χ3n) is 2.20. The normalized spacial score (nSPS) is 10.1. The molecular formula is C13H19NO2. The Morgan fingerprint density at radius 1 is 1.31 bits per heavy atom. The van der Waals surface area contributed by atoms with Crippen molar-refractivity contribution < 1.29 is 9.53 Å². The summed E-state index contributed by atoms with van der Waals surface area (Å²) in [5, 5.41) is 2.81. The standard InChI is InChI=1S/C13H19NO2/c1-2-3-9-14-13(15)11-16-10-12-7-5-4-6-8-12/h4-8H,2-3,9-11H2,1H3,(H,14,15). The molecule has 1 rings (SSSR count). The number of nitrogens with one attached hydrogen (secondary N) is 1. The van der Waals surface area contributed by atoms with Gasteiger partial charge in [0.25, 0.3) is 0 Å². The van der Waals surface area contributed by atoms with Crippen LogP contribution in [0.2, 0.25) is 0 Å². The predicted molar refractivity (Wildman–Crippen MR) is 64.0 cm³/mol. The molecule has 0 unspecified atom stereocenters. The van der Waals surface area contributed by atoms with Crippen molar-refractivity contribution in [2.24, 2.45) is 0 Å². The number of amides is 1. The van der Waals surface area contributed by atoms with Crippen LogP contribution in [0, 0.1) is 0 Å². The number of benzene rings is 1. The lowest BCUT2D eigenvalue weighted by Gasteiger charge is -2.05. The van der Waals surface area contributed by atoms with Crippen molar-refractivity contribution in [2.75, 3.05) is 13.2 Å². The smallest absolute Gasteiger partial charge is 0.246 e. The second-order valence-electron chi connectivity index (χ2n) is 3.68. The lowest BCUT2D eigenvalue weighted by molar-refractivity contribution is -0.126. The number of rotatable bonds is 7. The van der Waals surface area contributed by atoms with E-state index in [0.717, 1.165) is 24.9 Å². The quantitative estimate of drug-likeness (QED) is 0.716. The Bertz CT molecular complexity index is 298. The fraction of sp³-hybridized carbons (Fsp3) is 0.462. The Hall–Kier alpha value is -1.35. The SMILES string of the molecule is CCCCNC(=O)COCc1ccccc1. The summed E-state index contributed by atoms with van der Waals surface area (Å²) in [7, 11) is 0. The molecule has 0 fully saturated rings. The van der Waals surface area contributed by atoms with E-state index >= 15 is 0 Å². The van der Waals surface area contributed by atoms with Gasteiger partial charge in [-0.1, -0.05) is 43.7 Å². The van der Waals surface area contributed by atoms with Crippen LogP contribution in [0.1, 0.15) is 25.3 Å². The van der Waals surface area contributed by atoms with Crippen molar-refractivity contribution in [3.8, 4) is 0 Å². The molecule has 88 valence electrons. The van der Waals surface area contributed by atoms with Crippen LogP contribution in [0.25, 0.3) is 0 Å². The monoisotopic (exact) mass is 221 g/mol. The number of ether oxygens (including phenoxy) is 1. The number of carbonyl (C=O) groups excluding carboxylic acids is 1. The largest absolute Gasteiger partial charge is 0.367 e. The molecule has 0 aromatic heterocycles. The molecule has 0 heterocycles. The molecule has 1 N–H and O–H groups in total. The Morgan fingerprint density at radius 2 is 2.06 bits per heavy atom. The molecule has 0 spiro atoms. The molecule has 0 aliphatic carbocycles. The van der Waals surface area contributed by atoms with Gasteiger partial charge in [-0.25, -0.2) is 0 Å². The maximum atomic E-state index is 11.3. The Kier molecular flexibility index (Phi) is 6.26. The fourth-order valence-electron chi connectivity index (χ4n) is 1.29. The van der Waals surface area contributed by atoms with Crippen LogP contribution in [0.3, 0.4) is 0 Å². The molecule has 3 heteroatoms. The minimum atomic E-state index is -0.0376. The Morgan fingerprint density at radius 3 is 2.75 bits per heavy atom. The van der Waals surface area contributed by atoms with Crippen LogP contribution in [0.5, 0.6) is 0 Å². The third kappa shape index (κ3) is 5.51. The molecule has 0 saturated carbocycles. The molecule has 0 atom stereocenters. The summed E-state index contributed by atoms with van der Waals surface area (Å²) in [5.74, 6) is -0.0376. The molecule has 0 aliphatic rings. The summed E-state index contributed by atoms with van der Waals surface area (Å²) < 4.78 is 5.30. The Balaban J connectivity index is 2.09. The van der Waals surface area contributed by atoms with Crippen molar-refractivity contribution >= 4 is 5.91 Å². The van der Waals surface area contributed by atoms with Crippen molar-refractivity contribution in [1.29, 1.82) is 0 Å². The van der Waals surface area contributed by atoms with Gasteiger partial charge in [-0.05, 0) is 12.0 Å². The average molecular weight is 221 g/mol. The first-order valence-corrected chi connectivity index (χ1v) is 5.71. The lowest BCUT2D eigenvalue weighted by atomic mass is 10.2. The summed E-state index contributed by atoms with van der Waals surface area (Å²) in [6, 6.07) is 9.84. The van der Waals surface area contributed by atoms with Gasteiger partial charge in [0.1, 0.15) is 6.61 Å². The third-order valence-corrected chi connectivity index (χ3v) is 2.20. The molecule has 16 heavy (non-hydrogen) atoms. The molecular weight excluding hydrogens is 202 g/mol. The van der Waals surface area contributed by atoms with Gasteiger partial charge in [0, 0.05) is 6.54 Å². The van der Waals surface area contributed by atoms with Gasteiger partial charge < -0.3 is 10.1 Å². The van der Waals surface area contributed by atoms with Crippen LogP contribution in [-0.4, -0.2) is 19.1 Å². The molecule has 0 radical (unpaired) electrons. The maximum absolute atomic E-state index is 11.3. The summed E-state index contributed by atoms with van der Waals surface area (Å²) >= 11 is 0. The highest BCUT2D eigenvalue weighted by molar-refractivity contribution is 5.77. The molecule has 0 saturated heterocycles. The molecule has 0 bridgehead atoms. The Labute approximate surface area is 96.8 Å². The summed E-state index contributed by atoms with van der Waals surface area (Å²) in [4.78, 5) is 11.3. The van der Waals surface area contributed by atoms with Crippen LogP contribution < -0.4 is 5.32 Å². The highest BCUT2D eigenvalue weighted by atomic mass is 16.5. The number of carbonyl (C=O) groups is 1. The van der Waals surface area contributed by atoms with Crippen LogP contribution >= 0.6 is 0 Å². The van der Waals surface area contributed by atoms with Crippen molar-refractivity contribution in [3.63, 3.8) is 0 Å². The van der Waals surface area contributed by atoms with Gasteiger partial charge in [-0.3, -0.25) is 4.79 Å². The minimum absolute atomic E-state index is 0.0376. The van der Waals surface area contributed by atoms with Crippen molar-refractivity contribution in [3.05, 3.63) is 35.9 Å². The summed E-state index contributed by atoms with van der Waals surface area (Å²) in [5.41, 5.74) is 1.09. The van der Waals surface area contributed by atoms with E-state index in [4.69, 9.17) is 4.74 Å². The van der Waals surface area contributed by atoms with E-state index in [9.17, 15) is 4.79 Å². The second kappa shape index (κ2) is 7.88. The van der Waals surface area contributed by atoms with Gasteiger partial charge in [0.05, 0.1) is 6.61 Å². The predicted octanol–water partition coefficient (Wildman–Crippen LogP) is 2.12. The van der Waals surface area contributed by atoms with E-state index in [-0.39, 0.29) is 12.5 Å². The second-order valence-corrected chi connectivity index (χ2v) is 3.68. The van der Waals surface area contributed by atoms with Crippen LogP contribution in [0.4, 0.5) is 0 Å². The molecule has 1 amide bonds. The van der Waals surface area contributed by atoms with Crippen LogP contribution in [0.15, 0.2) is 30.3 Å². The number of hydrogen-bond donors (Lipinski definition) is 1. The first kappa shape index (κ1) is 12.7. The van der Waals surface area contributed by atoms with Crippen molar-refractivity contribution in [2.45, 2.75) is 26.4 Å². The molecule has 1 aromatic carbocycles. The van der Waals surface area contributed by atoms with E-state index < -0.39 is 0 Å². The highest BCUT2D eigenvalue weighted by Crippen LogP contribution is 1.99. The maximum Gasteiger partial charge on any atom is 0.246 e. The van der Waals surface area contributed by atoms with Gasteiger partial charge in [-0.2, -0.15) is 0 Å². The summed E-state index contributed by atoms with van der Waals surface area (Å²) in [6.45, 7) is 3.46. The fourth-order valence-corrected chi connectivity index (χ4v) is 1.29. The molecule has 1 aromatic rings. The number of unbranched alkanes of at least 4 members (excludes halogenated alkanes) is 1.